The summed E-state index contributed by atoms with van der Waals surface area (Å²) >= 11 is 1.13. The molecular formula is C11H13NO2S. The Morgan fingerprint density at radius 2 is 2.20 bits per heavy atom. The van der Waals surface area contributed by atoms with Gasteiger partial charge in [-0.15, -0.1) is 0 Å². The minimum Gasteiger partial charge on any atom is -0.385 e. The first-order valence-electron chi connectivity index (χ1n) is 5.03. The van der Waals surface area contributed by atoms with Gasteiger partial charge in [-0.25, -0.2) is 4.79 Å². The standard InChI is InChI=1S/C11H13NO2S/c13-11(10-7-4-8-12-10)14-15-9-5-2-1-3-6-9/h1-3,5-6,10,12H,4,7-8H2. The first-order valence-corrected chi connectivity index (χ1v) is 5.77. The molecule has 0 bridgehead atoms. The number of hydrogen-bond acceptors (Lipinski definition) is 4. The van der Waals surface area contributed by atoms with Gasteiger partial charge in [0, 0.05) is 4.90 Å². The molecule has 80 valence electrons. The fourth-order valence-corrected chi connectivity index (χ4v) is 2.07. The van der Waals surface area contributed by atoms with Crippen molar-refractivity contribution in [2.24, 2.45) is 0 Å². The van der Waals surface area contributed by atoms with Crippen LogP contribution < -0.4 is 5.32 Å². The van der Waals surface area contributed by atoms with Crippen LogP contribution in [0.1, 0.15) is 12.8 Å². The molecular weight excluding hydrogens is 210 g/mol. The van der Waals surface area contributed by atoms with Crippen LogP contribution in [-0.4, -0.2) is 18.6 Å². The second-order valence-electron chi connectivity index (χ2n) is 3.45. The third-order valence-corrected chi connectivity index (χ3v) is 3.02. The van der Waals surface area contributed by atoms with E-state index in [1.54, 1.807) is 0 Å². The molecule has 1 aliphatic rings. The van der Waals surface area contributed by atoms with Crippen molar-refractivity contribution in [2.75, 3.05) is 6.54 Å². The maximum absolute atomic E-state index is 11.5. The zero-order valence-corrected chi connectivity index (χ0v) is 9.13. The minimum atomic E-state index is -0.165. The second kappa shape index (κ2) is 5.19. The van der Waals surface area contributed by atoms with Crippen LogP contribution in [0.4, 0.5) is 0 Å². The van der Waals surface area contributed by atoms with E-state index in [-0.39, 0.29) is 12.0 Å². The summed E-state index contributed by atoms with van der Waals surface area (Å²) in [5.74, 6) is -0.165. The Balaban J connectivity index is 1.80. The molecule has 1 unspecified atom stereocenters. The number of nitrogens with one attached hydrogen (secondary N) is 1. The Labute approximate surface area is 93.4 Å². The smallest absolute Gasteiger partial charge is 0.335 e. The molecule has 1 aromatic carbocycles. The molecule has 1 N–H and O–H groups in total. The maximum atomic E-state index is 11.5. The van der Waals surface area contributed by atoms with Gasteiger partial charge in [-0.05, 0) is 31.5 Å². The molecule has 15 heavy (non-hydrogen) atoms. The average molecular weight is 223 g/mol. The van der Waals surface area contributed by atoms with Gasteiger partial charge in [0.25, 0.3) is 0 Å². The molecule has 0 spiro atoms. The molecule has 4 heteroatoms. The molecule has 1 aromatic rings. The van der Waals surface area contributed by atoms with E-state index in [4.69, 9.17) is 4.18 Å². The van der Waals surface area contributed by atoms with Crippen molar-refractivity contribution in [3.63, 3.8) is 0 Å². The van der Waals surface area contributed by atoms with Gasteiger partial charge in [0.2, 0.25) is 0 Å². The first kappa shape index (κ1) is 10.5. The Morgan fingerprint density at radius 3 is 2.87 bits per heavy atom. The van der Waals surface area contributed by atoms with E-state index in [1.807, 2.05) is 30.3 Å². The number of rotatable bonds is 3. The quantitative estimate of drug-likeness (QED) is 0.795. The molecule has 3 nitrogen and oxygen atoms in total. The van der Waals surface area contributed by atoms with Crippen LogP contribution in [0.3, 0.4) is 0 Å². The van der Waals surface area contributed by atoms with Crippen LogP contribution in [0.25, 0.3) is 0 Å². The van der Waals surface area contributed by atoms with Crippen molar-refractivity contribution in [3.05, 3.63) is 30.3 Å². The zero-order valence-electron chi connectivity index (χ0n) is 8.31. The summed E-state index contributed by atoms with van der Waals surface area (Å²) in [4.78, 5) is 12.5. The summed E-state index contributed by atoms with van der Waals surface area (Å²) in [6, 6.07) is 9.50. The largest absolute Gasteiger partial charge is 0.385 e. The lowest BCUT2D eigenvalue weighted by molar-refractivity contribution is -0.134. The van der Waals surface area contributed by atoms with Crippen LogP contribution >= 0.6 is 12.0 Å². The number of benzene rings is 1. The summed E-state index contributed by atoms with van der Waals surface area (Å²) in [6.45, 7) is 0.912. The van der Waals surface area contributed by atoms with Crippen molar-refractivity contribution >= 4 is 18.0 Å². The van der Waals surface area contributed by atoms with Crippen molar-refractivity contribution in [1.82, 2.24) is 5.32 Å². The van der Waals surface area contributed by atoms with Gasteiger partial charge in [-0.1, -0.05) is 18.2 Å². The average Bonchev–Trinajstić information content (AvgIpc) is 2.81. The van der Waals surface area contributed by atoms with Crippen molar-refractivity contribution < 1.29 is 8.98 Å². The Bertz CT molecular complexity index is 323. The predicted molar refractivity (Wildman–Crippen MR) is 59.4 cm³/mol. The highest BCUT2D eigenvalue weighted by Crippen LogP contribution is 2.20. The SMILES string of the molecule is O=C(OSc1ccccc1)C1CCCN1. The number of hydrogen-bond donors (Lipinski definition) is 1. The number of carbonyl (C=O) groups is 1. The van der Waals surface area contributed by atoms with Crippen molar-refractivity contribution in [3.8, 4) is 0 Å². The van der Waals surface area contributed by atoms with Crippen LogP contribution in [0.2, 0.25) is 0 Å². The zero-order chi connectivity index (χ0) is 10.5. The molecule has 1 aliphatic heterocycles. The normalized spacial score (nSPS) is 20.1. The molecule has 0 aromatic heterocycles. The summed E-state index contributed by atoms with van der Waals surface area (Å²) in [5.41, 5.74) is 0. The highest BCUT2D eigenvalue weighted by atomic mass is 32.2. The topological polar surface area (TPSA) is 38.3 Å². The highest BCUT2D eigenvalue weighted by Gasteiger charge is 2.23. The lowest BCUT2D eigenvalue weighted by Crippen LogP contribution is -2.31. The van der Waals surface area contributed by atoms with Crippen LogP contribution in [0.15, 0.2) is 35.2 Å². The third-order valence-electron chi connectivity index (χ3n) is 2.31. The van der Waals surface area contributed by atoms with E-state index in [9.17, 15) is 4.79 Å². The molecule has 0 saturated carbocycles. The molecule has 1 atom stereocenters. The van der Waals surface area contributed by atoms with Gasteiger partial charge in [0.1, 0.15) is 6.04 Å². The summed E-state index contributed by atoms with van der Waals surface area (Å²) < 4.78 is 5.13. The van der Waals surface area contributed by atoms with E-state index < -0.39 is 0 Å². The predicted octanol–water partition coefficient (Wildman–Crippen LogP) is 1.99. The molecule has 0 aliphatic carbocycles. The molecule has 1 fully saturated rings. The lowest BCUT2D eigenvalue weighted by Gasteiger charge is -2.08. The summed E-state index contributed by atoms with van der Waals surface area (Å²) in [6.07, 6.45) is 1.93. The van der Waals surface area contributed by atoms with Crippen molar-refractivity contribution in [2.45, 2.75) is 23.8 Å². The molecule has 1 heterocycles. The van der Waals surface area contributed by atoms with Gasteiger partial charge in [0.05, 0.1) is 12.0 Å². The molecule has 1 saturated heterocycles. The fourth-order valence-electron chi connectivity index (χ4n) is 1.51. The number of carbonyl (C=O) groups excluding carboxylic acids is 1. The molecule has 2 rings (SSSR count). The summed E-state index contributed by atoms with van der Waals surface area (Å²) in [7, 11) is 0. The molecule has 0 amide bonds. The maximum Gasteiger partial charge on any atom is 0.335 e. The second-order valence-corrected chi connectivity index (χ2v) is 4.25. The van der Waals surface area contributed by atoms with Crippen molar-refractivity contribution in [1.29, 1.82) is 0 Å². The van der Waals surface area contributed by atoms with Crippen LogP contribution in [0, 0.1) is 0 Å². The Hall–Kier alpha value is -1.00. The van der Waals surface area contributed by atoms with Crippen LogP contribution in [-0.2, 0) is 8.98 Å². The third kappa shape index (κ3) is 2.97. The monoisotopic (exact) mass is 223 g/mol. The lowest BCUT2D eigenvalue weighted by atomic mass is 10.2. The van der Waals surface area contributed by atoms with E-state index in [1.165, 1.54) is 0 Å². The Kier molecular flexibility index (Phi) is 3.64. The van der Waals surface area contributed by atoms with Gasteiger partial charge < -0.3 is 9.50 Å². The molecule has 0 radical (unpaired) electrons. The van der Waals surface area contributed by atoms with Gasteiger partial charge in [-0.3, -0.25) is 0 Å². The Morgan fingerprint density at radius 1 is 1.40 bits per heavy atom. The highest BCUT2D eigenvalue weighted by molar-refractivity contribution is 7.95. The fraction of sp³-hybridized carbons (Fsp3) is 0.364. The minimum absolute atomic E-state index is 0.110. The van der Waals surface area contributed by atoms with Gasteiger partial charge in [-0.2, -0.15) is 0 Å². The van der Waals surface area contributed by atoms with E-state index in [0.717, 1.165) is 36.3 Å². The summed E-state index contributed by atoms with van der Waals surface area (Å²) in [5, 5.41) is 3.10. The van der Waals surface area contributed by atoms with E-state index >= 15 is 0 Å². The first-order chi connectivity index (χ1) is 7.36. The van der Waals surface area contributed by atoms with Crippen LogP contribution in [0.5, 0.6) is 0 Å². The van der Waals surface area contributed by atoms with E-state index in [0.29, 0.717) is 0 Å². The van der Waals surface area contributed by atoms with Gasteiger partial charge in [0.15, 0.2) is 0 Å². The van der Waals surface area contributed by atoms with E-state index in [2.05, 4.69) is 5.32 Å². The van der Waals surface area contributed by atoms with Gasteiger partial charge >= 0.3 is 5.97 Å².